The van der Waals surface area contributed by atoms with E-state index in [2.05, 4.69) is 72.7 Å². The van der Waals surface area contributed by atoms with Gasteiger partial charge in [-0.05, 0) is 29.9 Å². The maximum atomic E-state index is 2.44. The predicted molar refractivity (Wildman–Crippen MR) is 109 cm³/mol. The zero-order valence-corrected chi connectivity index (χ0v) is 17.8. The van der Waals surface area contributed by atoms with Gasteiger partial charge in [-0.1, -0.05) is 109 Å². The van der Waals surface area contributed by atoms with Gasteiger partial charge in [0.1, 0.15) is 0 Å². The zero-order valence-electron chi connectivity index (χ0n) is 16.8. The van der Waals surface area contributed by atoms with Crippen molar-refractivity contribution in [1.29, 1.82) is 0 Å². The largest absolute Gasteiger partial charge is 0.0656 e. The molecule has 1 aromatic rings. The highest BCUT2D eigenvalue weighted by atomic mass is 28.3. The molecule has 0 aliphatic heterocycles. The van der Waals surface area contributed by atoms with Crippen molar-refractivity contribution >= 4 is 8.07 Å². The quantitative estimate of drug-likeness (QED) is 0.406. The predicted octanol–water partition coefficient (Wildman–Crippen LogP) is 7.73. The van der Waals surface area contributed by atoms with Gasteiger partial charge in [-0.2, -0.15) is 0 Å². The van der Waals surface area contributed by atoms with Crippen LogP contribution in [0.5, 0.6) is 0 Å². The minimum absolute atomic E-state index is 0.406. The van der Waals surface area contributed by atoms with Gasteiger partial charge < -0.3 is 0 Å². The summed E-state index contributed by atoms with van der Waals surface area (Å²) in [6.45, 7) is 16.7. The minimum atomic E-state index is -1.29. The number of rotatable bonds is 9. The number of aryl methyl sites for hydroxylation is 1. The molecule has 1 heteroatoms. The van der Waals surface area contributed by atoms with Crippen LogP contribution in [0.2, 0.25) is 18.1 Å². The molecule has 0 nitrogen and oxygen atoms in total. The first kappa shape index (κ1) is 20.5. The van der Waals surface area contributed by atoms with Crippen LogP contribution in [0.1, 0.15) is 83.9 Å². The van der Waals surface area contributed by atoms with Gasteiger partial charge in [0.2, 0.25) is 0 Å². The fraction of sp³-hybridized carbons (Fsp3) is 0.727. The first-order valence-corrected chi connectivity index (χ1v) is 12.5. The van der Waals surface area contributed by atoms with Crippen molar-refractivity contribution < 1.29 is 0 Å². The van der Waals surface area contributed by atoms with E-state index in [1.165, 1.54) is 49.4 Å². The standard InChI is InChI=1S/C22H40Si/c1-8-15-23(16-9-2,17-10-3)21(18-22(5,6)7)20-13-11-19(4)12-14-20/h11-14,21H,8-10,15-18H2,1-7H3. The SMILES string of the molecule is CCC[Si](CCC)(CCC)C(CC(C)(C)C)c1ccc(C)cc1. The molecule has 0 saturated heterocycles. The molecule has 0 saturated carbocycles. The molecule has 0 spiro atoms. The fourth-order valence-electron chi connectivity index (χ4n) is 4.49. The molecule has 0 aliphatic rings. The van der Waals surface area contributed by atoms with Crippen molar-refractivity contribution in [2.24, 2.45) is 5.41 Å². The maximum absolute atomic E-state index is 2.44. The van der Waals surface area contributed by atoms with E-state index in [-0.39, 0.29) is 0 Å². The van der Waals surface area contributed by atoms with Crippen LogP contribution in [-0.4, -0.2) is 8.07 Å². The van der Waals surface area contributed by atoms with Gasteiger partial charge in [0.05, 0.1) is 8.07 Å². The summed E-state index contributed by atoms with van der Waals surface area (Å²) < 4.78 is 0. The Morgan fingerprint density at radius 1 is 0.826 bits per heavy atom. The highest BCUT2D eigenvalue weighted by Crippen LogP contribution is 2.45. The highest BCUT2D eigenvalue weighted by Gasteiger charge is 2.41. The molecule has 0 amide bonds. The molecule has 1 rings (SSSR count). The van der Waals surface area contributed by atoms with Gasteiger partial charge in [-0.3, -0.25) is 0 Å². The van der Waals surface area contributed by atoms with Gasteiger partial charge in [0.25, 0.3) is 0 Å². The van der Waals surface area contributed by atoms with E-state index in [4.69, 9.17) is 0 Å². The fourth-order valence-corrected chi connectivity index (χ4v) is 11.2. The molecule has 0 radical (unpaired) electrons. The van der Waals surface area contributed by atoms with Crippen molar-refractivity contribution in [3.8, 4) is 0 Å². The van der Waals surface area contributed by atoms with E-state index in [1.54, 1.807) is 5.56 Å². The topological polar surface area (TPSA) is 0 Å². The molecule has 23 heavy (non-hydrogen) atoms. The molecule has 1 unspecified atom stereocenters. The third-order valence-corrected chi connectivity index (χ3v) is 11.8. The third-order valence-electron chi connectivity index (χ3n) is 5.28. The maximum Gasteiger partial charge on any atom is 0.0612 e. The number of hydrogen-bond acceptors (Lipinski definition) is 0. The van der Waals surface area contributed by atoms with E-state index < -0.39 is 8.07 Å². The van der Waals surface area contributed by atoms with Gasteiger partial charge in [0, 0.05) is 0 Å². The molecule has 0 aromatic heterocycles. The third kappa shape index (κ3) is 6.10. The summed E-state index contributed by atoms with van der Waals surface area (Å²) in [5.74, 6) is 0. The zero-order chi connectivity index (χ0) is 17.5. The van der Waals surface area contributed by atoms with Crippen molar-refractivity contribution in [2.75, 3.05) is 0 Å². The summed E-state index contributed by atoms with van der Waals surface area (Å²) in [7, 11) is -1.29. The summed E-state index contributed by atoms with van der Waals surface area (Å²) in [6, 6.07) is 14.0. The lowest BCUT2D eigenvalue weighted by Gasteiger charge is -2.43. The second-order valence-corrected chi connectivity index (χ2v) is 13.8. The van der Waals surface area contributed by atoms with E-state index in [0.29, 0.717) is 5.41 Å². The molecule has 132 valence electrons. The Morgan fingerprint density at radius 3 is 1.61 bits per heavy atom. The van der Waals surface area contributed by atoms with Gasteiger partial charge in [-0.15, -0.1) is 0 Å². The molecule has 0 bridgehead atoms. The molecular weight excluding hydrogens is 292 g/mol. The molecule has 0 aliphatic carbocycles. The van der Waals surface area contributed by atoms with Crippen LogP contribution < -0.4 is 0 Å². The highest BCUT2D eigenvalue weighted by molar-refractivity contribution is 6.81. The first-order chi connectivity index (χ1) is 10.8. The summed E-state index contributed by atoms with van der Waals surface area (Å²) in [6.07, 6.45) is 5.43. The van der Waals surface area contributed by atoms with Gasteiger partial charge in [0.15, 0.2) is 0 Å². The summed E-state index contributed by atoms with van der Waals surface area (Å²) >= 11 is 0. The smallest absolute Gasteiger partial charge is 0.0612 e. The van der Waals surface area contributed by atoms with Crippen LogP contribution in [0.15, 0.2) is 24.3 Å². The van der Waals surface area contributed by atoms with Crippen molar-refractivity contribution in [3.05, 3.63) is 35.4 Å². The second kappa shape index (κ2) is 9.06. The lowest BCUT2D eigenvalue weighted by molar-refractivity contribution is 0.366. The summed E-state index contributed by atoms with van der Waals surface area (Å²) in [5.41, 5.74) is 4.25. The van der Waals surface area contributed by atoms with Gasteiger partial charge >= 0.3 is 0 Å². The molecule has 1 atom stereocenters. The summed E-state index contributed by atoms with van der Waals surface area (Å²) in [5, 5.41) is 0. The van der Waals surface area contributed by atoms with E-state index in [9.17, 15) is 0 Å². The van der Waals surface area contributed by atoms with Crippen molar-refractivity contribution in [1.82, 2.24) is 0 Å². The lowest BCUT2D eigenvalue weighted by atomic mass is 9.88. The Morgan fingerprint density at radius 2 is 1.26 bits per heavy atom. The monoisotopic (exact) mass is 332 g/mol. The van der Waals surface area contributed by atoms with Crippen molar-refractivity contribution in [2.45, 2.75) is 97.8 Å². The minimum Gasteiger partial charge on any atom is -0.0656 e. The van der Waals surface area contributed by atoms with Crippen LogP contribution in [0.25, 0.3) is 0 Å². The van der Waals surface area contributed by atoms with Crippen LogP contribution >= 0.6 is 0 Å². The van der Waals surface area contributed by atoms with Crippen LogP contribution in [0.3, 0.4) is 0 Å². The van der Waals surface area contributed by atoms with Crippen molar-refractivity contribution in [3.63, 3.8) is 0 Å². The Hall–Kier alpha value is -0.563. The second-order valence-electron chi connectivity index (χ2n) is 8.84. The average Bonchev–Trinajstić information content (AvgIpc) is 2.45. The molecule has 0 fully saturated rings. The molecule has 0 N–H and O–H groups in total. The summed E-state index contributed by atoms with van der Waals surface area (Å²) in [4.78, 5) is 0. The van der Waals surface area contributed by atoms with E-state index in [1.807, 2.05) is 0 Å². The average molecular weight is 333 g/mol. The van der Waals surface area contributed by atoms with Crippen LogP contribution in [0, 0.1) is 12.3 Å². The number of benzene rings is 1. The van der Waals surface area contributed by atoms with E-state index >= 15 is 0 Å². The molecule has 0 heterocycles. The lowest BCUT2D eigenvalue weighted by Crippen LogP contribution is -2.43. The molecular formula is C22H40Si. The Balaban J connectivity index is 3.33. The van der Waals surface area contributed by atoms with Gasteiger partial charge in [-0.25, -0.2) is 0 Å². The number of hydrogen-bond donors (Lipinski definition) is 0. The Kier molecular flexibility index (Phi) is 8.07. The Labute approximate surface area is 147 Å². The van der Waals surface area contributed by atoms with Crippen LogP contribution in [-0.2, 0) is 0 Å². The van der Waals surface area contributed by atoms with Crippen LogP contribution in [0.4, 0.5) is 0 Å². The first-order valence-electron chi connectivity index (χ1n) is 9.84. The normalized spacial score (nSPS) is 14.0. The Bertz CT molecular complexity index is 421. The van der Waals surface area contributed by atoms with E-state index in [0.717, 1.165) is 5.54 Å². The molecule has 1 aromatic carbocycles.